The fourth-order valence-corrected chi connectivity index (χ4v) is 2.07. The van der Waals surface area contributed by atoms with Crippen LogP contribution in [0.15, 0.2) is 12.2 Å². The number of ether oxygens (including phenoxy) is 1. The van der Waals surface area contributed by atoms with E-state index in [1.165, 1.54) is 0 Å². The SMILES string of the molecule is C=C(C)CCC1CN(C(=O)OC(C)(C)C)CCC1=O. The summed E-state index contributed by atoms with van der Waals surface area (Å²) in [5.74, 6) is 0.180. The summed E-state index contributed by atoms with van der Waals surface area (Å²) in [6.07, 6.45) is 1.71. The number of Topliss-reactive ketones (excluding diaryl/α,β-unsaturated/α-hetero) is 1. The standard InChI is InChI=1S/C15H25NO3/c1-11(2)6-7-12-10-16(9-8-13(12)17)14(18)19-15(3,4)5/h12H,1,6-10H2,2-5H3. The lowest BCUT2D eigenvalue weighted by Crippen LogP contribution is -2.46. The molecule has 1 atom stereocenters. The Labute approximate surface area is 115 Å². The van der Waals surface area contributed by atoms with Gasteiger partial charge in [-0.3, -0.25) is 4.79 Å². The van der Waals surface area contributed by atoms with Crippen molar-refractivity contribution in [2.75, 3.05) is 13.1 Å². The smallest absolute Gasteiger partial charge is 0.410 e. The highest BCUT2D eigenvalue weighted by Gasteiger charge is 2.31. The molecular weight excluding hydrogens is 242 g/mol. The Morgan fingerprint density at radius 2 is 2.11 bits per heavy atom. The molecule has 1 amide bonds. The van der Waals surface area contributed by atoms with Crippen molar-refractivity contribution in [3.8, 4) is 0 Å². The first-order valence-corrected chi connectivity index (χ1v) is 6.84. The maximum absolute atomic E-state index is 12.0. The molecule has 0 aromatic rings. The molecule has 108 valence electrons. The summed E-state index contributed by atoms with van der Waals surface area (Å²) in [4.78, 5) is 25.5. The predicted molar refractivity (Wildman–Crippen MR) is 75.0 cm³/mol. The van der Waals surface area contributed by atoms with Gasteiger partial charge in [0.15, 0.2) is 0 Å². The molecule has 1 rings (SSSR count). The minimum atomic E-state index is -0.494. The number of amides is 1. The van der Waals surface area contributed by atoms with Crippen LogP contribution in [0.25, 0.3) is 0 Å². The van der Waals surface area contributed by atoms with Gasteiger partial charge in [0, 0.05) is 25.4 Å². The average Bonchev–Trinajstić information content (AvgIpc) is 2.25. The van der Waals surface area contributed by atoms with Gasteiger partial charge in [-0.15, -0.1) is 6.58 Å². The second-order valence-electron chi connectivity index (χ2n) is 6.34. The second-order valence-corrected chi connectivity index (χ2v) is 6.34. The van der Waals surface area contributed by atoms with E-state index in [-0.39, 0.29) is 17.8 Å². The van der Waals surface area contributed by atoms with Crippen LogP contribution in [-0.4, -0.2) is 35.5 Å². The molecule has 0 aromatic carbocycles. The molecule has 0 bridgehead atoms. The third kappa shape index (κ3) is 5.45. The quantitative estimate of drug-likeness (QED) is 0.738. The van der Waals surface area contributed by atoms with E-state index in [0.29, 0.717) is 19.5 Å². The fourth-order valence-electron chi connectivity index (χ4n) is 2.07. The Kier molecular flexibility index (Phi) is 5.15. The Hall–Kier alpha value is -1.32. The van der Waals surface area contributed by atoms with Crippen molar-refractivity contribution >= 4 is 11.9 Å². The first-order chi connectivity index (χ1) is 8.69. The van der Waals surface area contributed by atoms with Crippen LogP contribution in [-0.2, 0) is 9.53 Å². The van der Waals surface area contributed by atoms with E-state index in [4.69, 9.17) is 4.74 Å². The van der Waals surface area contributed by atoms with Crippen LogP contribution in [0.5, 0.6) is 0 Å². The molecule has 0 spiro atoms. The lowest BCUT2D eigenvalue weighted by Gasteiger charge is -2.33. The molecule has 0 saturated carbocycles. The third-order valence-corrected chi connectivity index (χ3v) is 3.10. The highest BCUT2D eigenvalue weighted by atomic mass is 16.6. The third-order valence-electron chi connectivity index (χ3n) is 3.10. The predicted octanol–water partition coefficient (Wildman–Crippen LogP) is 3.17. The van der Waals surface area contributed by atoms with Gasteiger partial charge in [0.2, 0.25) is 0 Å². The van der Waals surface area contributed by atoms with Crippen LogP contribution < -0.4 is 0 Å². The normalized spacial score (nSPS) is 20.3. The van der Waals surface area contributed by atoms with Gasteiger partial charge in [0.25, 0.3) is 0 Å². The zero-order chi connectivity index (χ0) is 14.6. The number of carbonyl (C=O) groups is 2. The van der Waals surface area contributed by atoms with Crippen molar-refractivity contribution in [2.24, 2.45) is 5.92 Å². The van der Waals surface area contributed by atoms with Gasteiger partial charge in [0.05, 0.1) is 0 Å². The summed E-state index contributed by atoms with van der Waals surface area (Å²) in [6.45, 7) is 12.3. The minimum absolute atomic E-state index is 0.0713. The number of ketones is 1. The molecule has 0 N–H and O–H groups in total. The van der Waals surface area contributed by atoms with Crippen molar-refractivity contribution < 1.29 is 14.3 Å². The lowest BCUT2D eigenvalue weighted by atomic mass is 9.91. The Balaban J connectivity index is 2.56. The number of carbonyl (C=O) groups excluding carboxylic acids is 2. The van der Waals surface area contributed by atoms with Crippen molar-refractivity contribution in [2.45, 2.75) is 52.6 Å². The summed E-state index contributed by atoms with van der Waals surface area (Å²) in [6, 6.07) is 0. The molecule has 1 fully saturated rings. The van der Waals surface area contributed by atoms with Crippen molar-refractivity contribution in [1.82, 2.24) is 4.90 Å². The van der Waals surface area contributed by atoms with Crippen LogP contribution >= 0.6 is 0 Å². The van der Waals surface area contributed by atoms with Gasteiger partial charge < -0.3 is 9.64 Å². The first kappa shape index (κ1) is 15.7. The average molecular weight is 267 g/mol. The van der Waals surface area contributed by atoms with E-state index in [9.17, 15) is 9.59 Å². The van der Waals surface area contributed by atoms with Crippen molar-refractivity contribution in [3.63, 3.8) is 0 Å². The molecule has 1 unspecified atom stereocenters. The topological polar surface area (TPSA) is 46.6 Å². The van der Waals surface area contributed by atoms with E-state index in [1.54, 1.807) is 4.90 Å². The minimum Gasteiger partial charge on any atom is -0.444 e. The lowest BCUT2D eigenvalue weighted by molar-refractivity contribution is -0.126. The van der Waals surface area contributed by atoms with Gasteiger partial charge in [-0.2, -0.15) is 0 Å². The molecule has 0 radical (unpaired) electrons. The molecule has 19 heavy (non-hydrogen) atoms. The van der Waals surface area contributed by atoms with Crippen LogP contribution in [0.4, 0.5) is 4.79 Å². The maximum Gasteiger partial charge on any atom is 0.410 e. The largest absolute Gasteiger partial charge is 0.444 e. The van der Waals surface area contributed by atoms with Gasteiger partial charge in [-0.1, -0.05) is 5.57 Å². The number of likely N-dealkylation sites (tertiary alicyclic amines) is 1. The number of piperidine rings is 1. The van der Waals surface area contributed by atoms with Gasteiger partial charge in [-0.05, 0) is 40.5 Å². The van der Waals surface area contributed by atoms with E-state index >= 15 is 0 Å². The monoisotopic (exact) mass is 267 g/mol. The molecule has 4 heteroatoms. The Morgan fingerprint density at radius 3 is 2.63 bits per heavy atom. The maximum atomic E-state index is 12.0. The molecule has 1 heterocycles. The van der Waals surface area contributed by atoms with Crippen molar-refractivity contribution in [3.05, 3.63) is 12.2 Å². The second kappa shape index (κ2) is 6.22. The highest BCUT2D eigenvalue weighted by molar-refractivity contribution is 5.84. The van der Waals surface area contributed by atoms with E-state index in [2.05, 4.69) is 6.58 Å². The van der Waals surface area contributed by atoms with E-state index in [1.807, 2.05) is 27.7 Å². The Morgan fingerprint density at radius 1 is 1.47 bits per heavy atom. The molecule has 1 aliphatic heterocycles. The first-order valence-electron chi connectivity index (χ1n) is 6.84. The summed E-state index contributed by atoms with van der Waals surface area (Å²) in [5, 5.41) is 0. The van der Waals surface area contributed by atoms with E-state index in [0.717, 1.165) is 18.4 Å². The molecule has 0 aromatic heterocycles. The van der Waals surface area contributed by atoms with E-state index < -0.39 is 5.60 Å². The number of allylic oxidation sites excluding steroid dienone is 1. The van der Waals surface area contributed by atoms with Gasteiger partial charge in [0.1, 0.15) is 11.4 Å². The summed E-state index contributed by atoms with van der Waals surface area (Å²) in [5.41, 5.74) is 0.577. The van der Waals surface area contributed by atoms with Gasteiger partial charge >= 0.3 is 6.09 Å². The van der Waals surface area contributed by atoms with Crippen LogP contribution in [0.2, 0.25) is 0 Å². The highest BCUT2D eigenvalue weighted by Crippen LogP contribution is 2.21. The molecular formula is C15H25NO3. The molecule has 4 nitrogen and oxygen atoms in total. The fraction of sp³-hybridized carbons (Fsp3) is 0.733. The van der Waals surface area contributed by atoms with Crippen LogP contribution in [0.1, 0.15) is 47.0 Å². The molecule has 0 aliphatic carbocycles. The van der Waals surface area contributed by atoms with Crippen LogP contribution in [0.3, 0.4) is 0 Å². The summed E-state index contributed by atoms with van der Waals surface area (Å²) >= 11 is 0. The zero-order valence-corrected chi connectivity index (χ0v) is 12.5. The number of hydrogen-bond acceptors (Lipinski definition) is 3. The Bertz CT molecular complexity index is 368. The van der Waals surface area contributed by atoms with Crippen LogP contribution in [0, 0.1) is 5.92 Å². The zero-order valence-electron chi connectivity index (χ0n) is 12.5. The number of rotatable bonds is 3. The molecule has 1 saturated heterocycles. The number of hydrogen-bond donors (Lipinski definition) is 0. The van der Waals surface area contributed by atoms with Crippen molar-refractivity contribution in [1.29, 1.82) is 0 Å². The number of nitrogens with zero attached hydrogens (tertiary/aromatic N) is 1. The summed E-state index contributed by atoms with van der Waals surface area (Å²) in [7, 11) is 0. The van der Waals surface area contributed by atoms with Gasteiger partial charge in [-0.25, -0.2) is 4.79 Å². The summed E-state index contributed by atoms with van der Waals surface area (Å²) < 4.78 is 5.34. The molecule has 1 aliphatic rings.